The van der Waals surface area contributed by atoms with Gasteiger partial charge >= 0.3 is 5.97 Å². The first kappa shape index (κ1) is 21.8. The molecule has 9 nitrogen and oxygen atoms in total. The lowest BCUT2D eigenvalue weighted by Crippen LogP contribution is -2.57. The fraction of sp³-hybridized carbons (Fsp3) is 0.471. The van der Waals surface area contributed by atoms with Crippen molar-refractivity contribution in [2.45, 2.75) is 19.4 Å². The van der Waals surface area contributed by atoms with Gasteiger partial charge in [-0.25, -0.2) is 12.8 Å². The summed E-state index contributed by atoms with van der Waals surface area (Å²) in [5.41, 5.74) is 0.191. The Bertz CT molecular complexity index is 828. The number of sulfonamides is 1. The molecule has 0 unspecified atom stereocenters. The molecule has 0 aliphatic carbocycles. The Kier molecular flexibility index (Phi) is 7.46. The minimum atomic E-state index is -3.92. The lowest BCUT2D eigenvalue weighted by molar-refractivity contribution is -0.145. The number of carbonyl (C=O) groups excluding carboxylic acids is 3. The van der Waals surface area contributed by atoms with Crippen molar-refractivity contribution in [1.29, 1.82) is 0 Å². The fourth-order valence-corrected chi connectivity index (χ4v) is 4.20. The third-order valence-electron chi connectivity index (χ3n) is 4.06. The Morgan fingerprint density at radius 3 is 2.64 bits per heavy atom. The second-order valence-electron chi connectivity index (χ2n) is 6.09. The number of carbonyl (C=O) groups is 3. The maximum Gasteiger partial charge on any atom is 0.307 e. The molecule has 1 aromatic carbocycles. The Hall–Kier alpha value is -2.53. The lowest BCUT2D eigenvalue weighted by Gasteiger charge is -2.33. The van der Waals surface area contributed by atoms with E-state index in [4.69, 9.17) is 4.74 Å². The average Bonchev–Trinajstić information content (AvgIpc) is 2.63. The normalized spacial score (nSPS) is 17.6. The summed E-state index contributed by atoms with van der Waals surface area (Å²) in [6, 6.07) is 4.05. The SMILES string of the molecule is CCOC(=O)C[C@@H]1CNC(=O)CN1S(=O)(=O)CCNC(=O)c1ccc(F)cc1. The maximum atomic E-state index is 12.9. The number of esters is 1. The van der Waals surface area contributed by atoms with Crippen LogP contribution in [0.4, 0.5) is 4.39 Å². The molecule has 1 saturated heterocycles. The highest BCUT2D eigenvalue weighted by molar-refractivity contribution is 7.89. The highest BCUT2D eigenvalue weighted by Gasteiger charge is 2.36. The molecule has 154 valence electrons. The van der Waals surface area contributed by atoms with E-state index >= 15 is 0 Å². The van der Waals surface area contributed by atoms with Crippen LogP contribution in [0.1, 0.15) is 23.7 Å². The van der Waals surface area contributed by atoms with Crippen LogP contribution in [0.2, 0.25) is 0 Å². The van der Waals surface area contributed by atoms with Gasteiger partial charge in [0.1, 0.15) is 5.82 Å². The van der Waals surface area contributed by atoms with Crippen LogP contribution in [-0.2, 0) is 24.3 Å². The first-order chi connectivity index (χ1) is 13.2. The van der Waals surface area contributed by atoms with E-state index in [0.29, 0.717) is 0 Å². The summed E-state index contributed by atoms with van der Waals surface area (Å²) in [5, 5.41) is 4.97. The van der Waals surface area contributed by atoms with Gasteiger partial charge in [0, 0.05) is 18.7 Å². The average molecular weight is 415 g/mol. The highest BCUT2D eigenvalue weighted by Crippen LogP contribution is 2.15. The van der Waals surface area contributed by atoms with Crippen molar-refractivity contribution in [2.24, 2.45) is 0 Å². The molecule has 1 heterocycles. The summed E-state index contributed by atoms with van der Waals surface area (Å²) >= 11 is 0. The zero-order valence-electron chi connectivity index (χ0n) is 15.3. The van der Waals surface area contributed by atoms with E-state index in [1.807, 2.05) is 0 Å². The standard InChI is InChI=1S/C17H22FN3O6S/c1-2-27-16(23)9-14-10-20-15(22)11-21(14)28(25,26)8-7-19-17(24)12-3-5-13(18)6-4-12/h3-6,14H,2,7-11H2,1H3,(H,19,24)(H,20,22)/t14-/m1/s1. The number of amides is 2. The largest absolute Gasteiger partial charge is 0.466 e. The molecule has 11 heteroatoms. The van der Waals surface area contributed by atoms with Crippen molar-refractivity contribution in [2.75, 3.05) is 32.0 Å². The van der Waals surface area contributed by atoms with Gasteiger partial charge in [-0.3, -0.25) is 14.4 Å². The molecule has 0 bridgehead atoms. The molecular formula is C17H22FN3O6S. The van der Waals surface area contributed by atoms with Crippen LogP contribution < -0.4 is 10.6 Å². The summed E-state index contributed by atoms with van der Waals surface area (Å²) in [5.74, 6) is -2.52. The second kappa shape index (κ2) is 9.60. The molecule has 28 heavy (non-hydrogen) atoms. The number of rotatable bonds is 8. The molecule has 1 aromatic rings. The number of nitrogens with zero attached hydrogens (tertiary/aromatic N) is 1. The predicted octanol–water partition coefficient (Wildman–Crippen LogP) is -0.361. The van der Waals surface area contributed by atoms with E-state index in [2.05, 4.69) is 10.6 Å². The van der Waals surface area contributed by atoms with Gasteiger partial charge < -0.3 is 15.4 Å². The summed E-state index contributed by atoms with van der Waals surface area (Å²) in [7, 11) is -3.92. The summed E-state index contributed by atoms with van der Waals surface area (Å²) in [6.07, 6.45) is -0.185. The van der Waals surface area contributed by atoms with Crippen molar-refractivity contribution in [3.63, 3.8) is 0 Å². The van der Waals surface area contributed by atoms with Gasteiger partial charge in [-0.2, -0.15) is 4.31 Å². The topological polar surface area (TPSA) is 122 Å². The van der Waals surface area contributed by atoms with E-state index in [1.54, 1.807) is 6.92 Å². The van der Waals surface area contributed by atoms with Gasteiger partial charge in [-0.1, -0.05) is 0 Å². The van der Waals surface area contributed by atoms with Crippen LogP contribution in [0.25, 0.3) is 0 Å². The number of ether oxygens (including phenoxy) is 1. The zero-order chi connectivity index (χ0) is 20.7. The Morgan fingerprint density at radius 1 is 1.32 bits per heavy atom. The van der Waals surface area contributed by atoms with Crippen molar-refractivity contribution in [1.82, 2.24) is 14.9 Å². The van der Waals surface area contributed by atoms with E-state index in [0.717, 1.165) is 16.4 Å². The van der Waals surface area contributed by atoms with Crippen molar-refractivity contribution in [3.8, 4) is 0 Å². The van der Waals surface area contributed by atoms with Gasteiger partial charge in [-0.05, 0) is 31.2 Å². The highest BCUT2D eigenvalue weighted by atomic mass is 32.2. The fourth-order valence-electron chi connectivity index (χ4n) is 2.69. The van der Waals surface area contributed by atoms with Crippen LogP contribution in [0, 0.1) is 5.82 Å². The monoisotopic (exact) mass is 415 g/mol. The zero-order valence-corrected chi connectivity index (χ0v) is 16.1. The minimum Gasteiger partial charge on any atom is -0.466 e. The molecule has 2 rings (SSSR count). The van der Waals surface area contributed by atoms with Crippen molar-refractivity contribution < 1.29 is 31.9 Å². The molecule has 1 atom stereocenters. The molecular weight excluding hydrogens is 393 g/mol. The molecule has 2 N–H and O–H groups in total. The molecule has 1 fully saturated rings. The van der Waals surface area contributed by atoms with Crippen molar-refractivity contribution >= 4 is 27.8 Å². The second-order valence-corrected chi connectivity index (χ2v) is 8.13. The van der Waals surface area contributed by atoms with Crippen molar-refractivity contribution in [3.05, 3.63) is 35.6 Å². The molecule has 0 saturated carbocycles. The Morgan fingerprint density at radius 2 is 2.00 bits per heavy atom. The predicted molar refractivity (Wildman–Crippen MR) is 97.3 cm³/mol. The molecule has 1 aliphatic heterocycles. The maximum absolute atomic E-state index is 12.9. The third kappa shape index (κ3) is 5.99. The van der Waals surface area contributed by atoms with Gasteiger partial charge in [0.05, 0.1) is 31.4 Å². The van der Waals surface area contributed by atoms with Crippen LogP contribution in [0.15, 0.2) is 24.3 Å². The van der Waals surface area contributed by atoms with Crippen LogP contribution in [0.3, 0.4) is 0 Å². The first-order valence-electron chi connectivity index (χ1n) is 8.68. The number of piperazine rings is 1. The van der Waals surface area contributed by atoms with E-state index < -0.39 is 52.0 Å². The van der Waals surface area contributed by atoms with E-state index in [9.17, 15) is 27.2 Å². The molecule has 1 aliphatic rings. The van der Waals surface area contributed by atoms with Gasteiger partial charge in [0.15, 0.2) is 0 Å². The van der Waals surface area contributed by atoms with E-state index in [1.165, 1.54) is 12.1 Å². The van der Waals surface area contributed by atoms with Crippen LogP contribution in [0.5, 0.6) is 0 Å². The molecule has 0 spiro atoms. The van der Waals surface area contributed by atoms with Gasteiger partial charge in [-0.15, -0.1) is 0 Å². The smallest absolute Gasteiger partial charge is 0.307 e. The number of benzene rings is 1. The molecule has 0 aromatic heterocycles. The summed E-state index contributed by atoms with van der Waals surface area (Å²) < 4.78 is 44.0. The lowest BCUT2D eigenvalue weighted by atomic mass is 10.1. The number of halogens is 1. The summed E-state index contributed by atoms with van der Waals surface area (Å²) in [4.78, 5) is 35.3. The first-order valence-corrected chi connectivity index (χ1v) is 10.3. The number of nitrogens with one attached hydrogen (secondary N) is 2. The Balaban J connectivity index is 1.97. The van der Waals surface area contributed by atoms with Crippen LogP contribution in [-0.4, -0.2) is 68.5 Å². The van der Waals surface area contributed by atoms with Crippen LogP contribution >= 0.6 is 0 Å². The van der Waals surface area contributed by atoms with E-state index in [-0.39, 0.29) is 31.7 Å². The quantitative estimate of drug-likeness (QED) is 0.559. The molecule has 2 amide bonds. The Labute approximate surface area is 162 Å². The minimum absolute atomic E-state index is 0.00117. The third-order valence-corrected chi connectivity index (χ3v) is 5.92. The van der Waals surface area contributed by atoms with Gasteiger partial charge in [0.25, 0.3) is 5.91 Å². The number of hydrogen-bond donors (Lipinski definition) is 2. The molecule has 0 radical (unpaired) electrons. The summed E-state index contributed by atoms with van der Waals surface area (Å²) in [6.45, 7) is 1.19. The van der Waals surface area contributed by atoms with Gasteiger partial charge in [0.2, 0.25) is 15.9 Å². The number of hydrogen-bond acceptors (Lipinski definition) is 6.